The van der Waals surface area contributed by atoms with E-state index in [1.54, 1.807) is 0 Å². The van der Waals surface area contributed by atoms with Gasteiger partial charge in [0.2, 0.25) is 0 Å². The van der Waals surface area contributed by atoms with E-state index in [2.05, 4.69) is 23.6 Å². The van der Waals surface area contributed by atoms with Crippen LogP contribution in [0.4, 0.5) is 0 Å². The van der Waals surface area contributed by atoms with Crippen LogP contribution in [-0.4, -0.2) is 61.8 Å². The van der Waals surface area contributed by atoms with Gasteiger partial charge in [0, 0.05) is 25.7 Å². The first-order chi connectivity index (χ1) is 7.79. The SMILES string of the molecule is CCN1CCC(CC(C)N2CCOCC2)C1. The minimum absolute atomic E-state index is 0.741. The third kappa shape index (κ3) is 3.19. The van der Waals surface area contributed by atoms with Crippen LogP contribution < -0.4 is 0 Å². The Kier molecular flexibility index (Phi) is 4.62. The van der Waals surface area contributed by atoms with Crippen LogP contribution in [-0.2, 0) is 4.74 Å². The second-order valence-electron chi connectivity index (χ2n) is 5.28. The lowest BCUT2D eigenvalue weighted by Crippen LogP contribution is -2.43. The van der Waals surface area contributed by atoms with Gasteiger partial charge in [-0.2, -0.15) is 0 Å². The summed E-state index contributed by atoms with van der Waals surface area (Å²) in [6, 6.07) is 0.741. The van der Waals surface area contributed by atoms with Crippen LogP contribution in [0.3, 0.4) is 0 Å². The van der Waals surface area contributed by atoms with Gasteiger partial charge in [-0.1, -0.05) is 6.92 Å². The summed E-state index contributed by atoms with van der Waals surface area (Å²) < 4.78 is 5.40. The van der Waals surface area contributed by atoms with Crippen molar-refractivity contribution >= 4 is 0 Å². The molecule has 0 spiro atoms. The van der Waals surface area contributed by atoms with Crippen LogP contribution in [0.1, 0.15) is 26.7 Å². The van der Waals surface area contributed by atoms with Crippen molar-refractivity contribution in [3.63, 3.8) is 0 Å². The molecule has 16 heavy (non-hydrogen) atoms. The van der Waals surface area contributed by atoms with Gasteiger partial charge in [0.25, 0.3) is 0 Å². The minimum atomic E-state index is 0.741. The smallest absolute Gasteiger partial charge is 0.0594 e. The predicted molar refractivity (Wildman–Crippen MR) is 66.7 cm³/mol. The molecule has 0 aliphatic carbocycles. The fourth-order valence-electron chi connectivity index (χ4n) is 3.04. The largest absolute Gasteiger partial charge is 0.379 e. The summed E-state index contributed by atoms with van der Waals surface area (Å²) >= 11 is 0. The molecular formula is C13H26N2O. The molecule has 0 aromatic rings. The number of ether oxygens (including phenoxy) is 1. The molecule has 0 amide bonds. The highest BCUT2D eigenvalue weighted by Crippen LogP contribution is 2.22. The van der Waals surface area contributed by atoms with Crippen molar-refractivity contribution in [3.05, 3.63) is 0 Å². The van der Waals surface area contributed by atoms with Gasteiger partial charge in [0.1, 0.15) is 0 Å². The lowest BCUT2D eigenvalue weighted by atomic mass is 9.99. The van der Waals surface area contributed by atoms with E-state index in [0.717, 1.165) is 38.3 Å². The van der Waals surface area contributed by atoms with Crippen LogP contribution in [0.2, 0.25) is 0 Å². The van der Waals surface area contributed by atoms with Gasteiger partial charge < -0.3 is 9.64 Å². The van der Waals surface area contributed by atoms with Crippen molar-refractivity contribution < 1.29 is 4.74 Å². The summed E-state index contributed by atoms with van der Waals surface area (Å²) in [7, 11) is 0. The van der Waals surface area contributed by atoms with Crippen molar-refractivity contribution in [2.24, 2.45) is 5.92 Å². The number of nitrogens with zero attached hydrogens (tertiary/aromatic N) is 2. The normalized spacial score (nSPS) is 30.8. The van der Waals surface area contributed by atoms with Crippen molar-refractivity contribution in [1.82, 2.24) is 9.80 Å². The fourth-order valence-corrected chi connectivity index (χ4v) is 3.04. The lowest BCUT2D eigenvalue weighted by Gasteiger charge is -2.33. The summed E-state index contributed by atoms with van der Waals surface area (Å²) in [5, 5.41) is 0. The second kappa shape index (κ2) is 5.99. The van der Waals surface area contributed by atoms with Crippen LogP contribution >= 0.6 is 0 Å². The molecule has 2 aliphatic heterocycles. The molecular weight excluding hydrogens is 200 g/mol. The third-order valence-corrected chi connectivity index (χ3v) is 4.16. The number of likely N-dealkylation sites (tertiary alicyclic amines) is 1. The number of rotatable bonds is 4. The molecule has 3 nitrogen and oxygen atoms in total. The Morgan fingerprint density at radius 3 is 2.62 bits per heavy atom. The first-order valence-corrected chi connectivity index (χ1v) is 6.83. The zero-order valence-electron chi connectivity index (χ0n) is 10.8. The molecule has 3 heteroatoms. The monoisotopic (exact) mass is 226 g/mol. The average Bonchev–Trinajstić information content (AvgIpc) is 2.78. The fraction of sp³-hybridized carbons (Fsp3) is 1.00. The second-order valence-corrected chi connectivity index (χ2v) is 5.28. The predicted octanol–water partition coefficient (Wildman–Crippen LogP) is 1.44. The van der Waals surface area contributed by atoms with Crippen molar-refractivity contribution in [3.8, 4) is 0 Å². The molecule has 2 fully saturated rings. The molecule has 0 aromatic heterocycles. The highest BCUT2D eigenvalue weighted by Gasteiger charge is 2.25. The van der Waals surface area contributed by atoms with E-state index in [-0.39, 0.29) is 0 Å². The summed E-state index contributed by atoms with van der Waals surface area (Å²) in [4.78, 5) is 5.18. The number of hydrogen-bond donors (Lipinski definition) is 0. The van der Waals surface area contributed by atoms with E-state index in [9.17, 15) is 0 Å². The molecule has 0 radical (unpaired) electrons. The average molecular weight is 226 g/mol. The van der Waals surface area contributed by atoms with Crippen LogP contribution in [0, 0.1) is 5.92 Å². The lowest BCUT2D eigenvalue weighted by molar-refractivity contribution is 0.0156. The van der Waals surface area contributed by atoms with Gasteiger partial charge in [-0.25, -0.2) is 0 Å². The van der Waals surface area contributed by atoms with Crippen molar-refractivity contribution in [1.29, 1.82) is 0 Å². The van der Waals surface area contributed by atoms with E-state index >= 15 is 0 Å². The van der Waals surface area contributed by atoms with Gasteiger partial charge in [0.05, 0.1) is 13.2 Å². The van der Waals surface area contributed by atoms with E-state index in [4.69, 9.17) is 4.74 Å². The molecule has 0 saturated carbocycles. The Morgan fingerprint density at radius 2 is 2.00 bits per heavy atom. The summed E-state index contributed by atoms with van der Waals surface area (Å²) in [5.41, 5.74) is 0. The molecule has 0 bridgehead atoms. The van der Waals surface area contributed by atoms with Crippen LogP contribution in [0.15, 0.2) is 0 Å². The maximum absolute atomic E-state index is 5.40. The molecule has 0 N–H and O–H groups in total. The highest BCUT2D eigenvalue weighted by molar-refractivity contribution is 4.80. The molecule has 2 aliphatic rings. The molecule has 2 atom stereocenters. The Hall–Kier alpha value is -0.120. The molecule has 0 aromatic carbocycles. The summed E-state index contributed by atoms with van der Waals surface area (Å²) in [5.74, 6) is 0.929. The summed E-state index contributed by atoms with van der Waals surface area (Å²) in [6.07, 6.45) is 2.78. The molecule has 2 heterocycles. The molecule has 2 saturated heterocycles. The summed E-state index contributed by atoms with van der Waals surface area (Å²) in [6.45, 7) is 12.6. The van der Waals surface area contributed by atoms with Crippen LogP contribution in [0.5, 0.6) is 0 Å². The van der Waals surface area contributed by atoms with Crippen molar-refractivity contribution in [2.75, 3.05) is 45.9 Å². The van der Waals surface area contributed by atoms with Gasteiger partial charge in [-0.3, -0.25) is 4.90 Å². The first-order valence-electron chi connectivity index (χ1n) is 6.83. The Balaban J connectivity index is 1.72. The number of hydrogen-bond acceptors (Lipinski definition) is 3. The topological polar surface area (TPSA) is 15.7 Å². The minimum Gasteiger partial charge on any atom is -0.379 e. The third-order valence-electron chi connectivity index (χ3n) is 4.16. The molecule has 2 rings (SSSR count). The number of morpholine rings is 1. The van der Waals surface area contributed by atoms with E-state index in [1.165, 1.54) is 32.5 Å². The van der Waals surface area contributed by atoms with Crippen LogP contribution in [0.25, 0.3) is 0 Å². The Morgan fingerprint density at radius 1 is 1.25 bits per heavy atom. The zero-order valence-corrected chi connectivity index (χ0v) is 10.8. The highest BCUT2D eigenvalue weighted by atomic mass is 16.5. The van der Waals surface area contributed by atoms with E-state index in [1.807, 2.05) is 0 Å². The first kappa shape index (κ1) is 12.3. The van der Waals surface area contributed by atoms with E-state index in [0.29, 0.717) is 0 Å². The van der Waals surface area contributed by atoms with Gasteiger partial charge in [0.15, 0.2) is 0 Å². The zero-order chi connectivity index (χ0) is 11.4. The maximum Gasteiger partial charge on any atom is 0.0594 e. The molecule has 94 valence electrons. The van der Waals surface area contributed by atoms with Crippen molar-refractivity contribution in [2.45, 2.75) is 32.7 Å². The van der Waals surface area contributed by atoms with Gasteiger partial charge >= 0.3 is 0 Å². The standard InChI is InChI=1S/C13H26N2O/c1-3-14-5-4-13(11-14)10-12(2)15-6-8-16-9-7-15/h12-13H,3-11H2,1-2H3. The van der Waals surface area contributed by atoms with E-state index < -0.39 is 0 Å². The van der Waals surface area contributed by atoms with Gasteiger partial charge in [-0.05, 0) is 38.8 Å². The molecule has 2 unspecified atom stereocenters. The Labute approximate surface area is 99.7 Å². The maximum atomic E-state index is 5.40. The quantitative estimate of drug-likeness (QED) is 0.721. The Bertz CT molecular complexity index is 204. The van der Waals surface area contributed by atoms with Gasteiger partial charge in [-0.15, -0.1) is 0 Å².